The number of nitrogens with one attached hydrogen (secondary N) is 1. The first kappa shape index (κ1) is 15.6. The second kappa shape index (κ2) is 6.42. The van der Waals surface area contributed by atoms with Crippen molar-refractivity contribution in [1.82, 2.24) is 14.9 Å². The van der Waals surface area contributed by atoms with Crippen LogP contribution in [0.15, 0.2) is 23.0 Å². The van der Waals surface area contributed by atoms with E-state index in [1.807, 2.05) is 25.1 Å². The summed E-state index contributed by atoms with van der Waals surface area (Å²) in [7, 11) is 3.26. The van der Waals surface area contributed by atoms with Crippen LogP contribution in [-0.4, -0.2) is 35.6 Å². The smallest absolute Gasteiger partial charge is 0.255 e. The summed E-state index contributed by atoms with van der Waals surface area (Å²) in [5.41, 5.74) is 2.81. The molecular weight excluding hydrogens is 294 g/mol. The van der Waals surface area contributed by atoms with Crippen LogP contribution in [0.4, 0.5) is 0 Å². The van der Waals surface area contributed by atoms with E-state index in [-0.39, 0.29) is 5.56 Å². The molecule has 3 rings (SSSR count). The highest BCUT2D eigenvalue weighted by Crippen LogP contribution is 2.28. The summed E-state index contributed by atoms with van der Waals surface area (Å²) < 4.78 is 10.6. The third kappa shape index (κ3) is 3.22. The summed E-state index contributed by atoms with van der Waals surface area (Å²) >= 11 is 0. The SMILES string of the molecule is COc1ccc(CN2CCc3nc(C)[nH]c(=O)c3C2)cc1OC. The monoisotopic (exact) mass is 315 g/mol. The molecule has 0 saturated carbocycles. The van der Waals surface area contributed by atoms with E-state index in [2.05, 4.69) is 14.9 Å². The number of hydrogen-bond donors (Lipinski definition) is 1. The van der Waals surface area contributed by atoms with E-state index >= 15 is 0 Å². The van der Waals surface area contributed by atoms with E-state index < -0.39 is 0 Å². The fourth-order valence-corrected chi connectivity index (χ4v) is 2.98. The molecule has 0 atom stereocenters. The van der Waals surface area contributed by atoms with Gasteiger partial charge in [0.15, 0.2) is 11.5 Å². The Hall–Kier alpha value is -2.34. The zero-order chi connectivity index (χ0) is 16.4. The molecule has 6 heteroatoms. The van der Waals surface area contributed by atoms with Gasteiger partial charge in [-0.3, -0.25) is 9.69 Å². The Balaban J connectivity index is 1.78. The lowest BCUT2D eigenvalue weighted by atomic mass is 10.1. The van der Waals surface area contributed by atoms with Crippen LogP contribution in [0.5, 0.6) is 11.5 Å². The quantitative estimate of drug-likeness (QED) is 0.929. The first-order valence-corrected chi connectivity index (χ1v) is 7.62. The van der Waals surface area contributed by atoms with E-state index in [9.17, 15) is 4.79 Å². The van der Waals surface area contributed by atoms with Crippen LogP contribution in [-0.2, 0) is 19.5 Å². The largest absolute Gasteiger partial charge is 0.493 e. The zero-order valence-corrected chi connectivity index (χ0v) is 13.7. The van der Waals surface area contributed by atoms with Crippen molar-refractivity contribution in [2.45, 2.75) is 26.4 Å². The molecule has 1 aromatic heterocycles. The number of benzene rings is 1. The summed E-state index contributed by atoms with van der Waals surface area (Å²) in [5, 5.41) is 0. The molecule has 122 valence electrons. The third-order valence-electron chi connectivity index (χ3n) is 4.12. The predicted octanol–water partition coefficient (Wildman–Crippen LogP) is 1.65. The van der Waals surface area contributed by atoms with Crippen molar-refractivity contribution in [3.8, 4) is 11.5 Å². The van der Waals surface area contributed by atoms with E-state index in [1.54, 1.807) is 14.2 Å². The van der Waals surface area contributed by atoms with Gasteiger partial charge in [0.25, 0.3) is 5.56 Å². The lowest BCUT2D eigenvalue weighted by Gasteiger charge is -2.27. The Bertz CT molecular complexity index is 770. The van der Waals surface area contributed by atoms with Crippen LogP contribution in [0.2, 0.25) is 0 Å². The molecule has 0 fully saturated rings. The second-order valence-corrected chi connectivity index (χ2v) is 5.73. The molecule has 0 amide bonds. The van der Waals surface area contributed by atoms with Crippen LogP contribution in [0, 0.1) is 6.92 Å². The maximum atomic E-state index is 12.1. The van der Waals surface area contributed by atoms with Crippen molar-refractivity contribution in [2.24, 2.45) is 0 Å². The van der Waals surface area contributed by atoms with Gasteiger partial charge in [-0.25, -0.2) is 4.98 Å². The molecule has 2 heterocycles. The van der Waals surface area contributed by atoms with E-state index in [0.29, 0.717) is 12.4 Å². The van der Waals surface area contributed by atoms with E-state index in [1.165, 1.54) is 0 Å². The van der Waals surface area contributed by atoms with Crippen molar-refractivity contribution < 1.29 is 9.47 Å². The summed E-state index contributed by atoms with van der Waals surface area (Å²) in [6.07, 6.45) is 0.799. The molecule has 1 aliphatic rings. The number of H-pyrrole nitrogens is 1. The Labute approximate surface area is 135 Å². The predicted molar refractivity (Wildman–Crippen MR) is 87.0 cm³/mol. The molecule has 23 heavy (non-hydrogen) atoms. The van der Waals surface area contributed by atoms with E-state index in [0.717, 1.165) is 47.8 Å². The van der Waals surface area contributed by atoms with Crippen LogP contribution in [0.3, 0.4) is 0 Å². The molecule has 2 aromatic rings. The van der Waals surface area contributed by atoms with Crippen molar-refractivity contribution in [2.75, 3.05) is 20.8 Å². The van der Waals surface area contributed by atoms with Gasteiger partial charge in [-0.15, -0.1) is 0 Å². The van der Waals surface area contributed by atoms with Gasteiger partial charge in [-0.05, 0) is 24.6 Å². The molecule has 0 aliphatic carbocycles. The summed E-state index contributed by atoms with van der Waals surface area (Å²) in [6, 6.07) is 5.91. The van der Waals surface area contributed by atoms with Gasteiger partial charge in [0.2, 0.25) is 0 Å². The Morgan fingerprint density at radius 3 is 2.78 bits per heavy atom. The molecule has 0 saturated heterocycles. The van der Waals surface area contributed by atoms with Crippen molar-refractivity contribution in [1.29, 1.82) is 0 Å². The van der Waals surface area contributed by atoms with Crippen molar-refractivity contribution in [3.05, 3.63) is 51.2 Å². The average Bonchev–Trinajstić information content (AvgIpc) is 2.55. The average molecular weight is 315 g/mol. The van der Waals surface area contributed by atoms with Gasteiger partial charge in [-0.2, -0.15) is 0 Å². The maximum Gasteiger partial charge on any atom is 0.255 e. The second-order valence-electron chi connectivity index (χ2n) is 5.73. The topological polar surface area (TPSA) is 67.5 Å². The minimum Gasteiger partial charge on any atom is -0.493 e. The molecule has 0 spiro atoms. The molecule has 1 N–H and O–H groups in total. The number of aryl methyl sites for hydroxylation is 1. The van der Waals surface area contributed by atoms with Gasteiger partial charge < -0.3 is 14.5 Å². The number of aromatic nitrogens is 2. The van der Waals surface area contributed by atoms with Crippen LogP contribution < -0.4 is 15.0 Å². The summed E-state index contributed by atoms with van der Waals surface area (Å²) in [4.78, 5) is 21.6. The summed E-state index contributed by atoms with van der Waals surface area (Å²) in [6.45, 7) is 4.08. The van der Waals surface area contributed by atoms with Gasteiger partial charge in [0, 0.05) is 26.1 Å². The van der Waals surface area contributed by atoms with E-state index in [4.69, 9.17) is 9.47 Å². The first-order chi connectivity index (χ1) is 11.1. The molecular formula is C17H21N3O3. The zero-order valence-electron chi connectivity index (χ0n) is 13.7. The number of methoxy groups -OCH3 is 2. The minimum atomic E-state index is -0.0236. The molecule has 0 unspecified atom stereocenters. The molecule has 6 nitrogen and oxygen atoms in total. The Morgan fingerprint density at radius 2 is 2.04 bits per heavy atom. The third-order valence-corrected chi connectivity index (χ3v) is 4.12. The number of hydrogen-bond acceptors (Lipinski definition) is 5. The molecule has 0 radical (unpaired) electrons. The van der Waals surface area contributed by atoms with Gasteiger partial charge in [0.1, 0.15) is 5.82 Å². The van der Waals surface area contributed by atoms with Gasteiger partial charge >= 0.3 is 0 Å². The highest BCUT2D eigenvalue weighted by Gasteiger charge is 2.21. The number of ether oxygens (including phenoxy) is 2. The molecule has 1 aromatic carbocycles. The van der Waals surface area contributed by atoms with Crippen molar-refractivity contribution in [3.63, 3.8) is 0 Å². The lowest BCUT2D eigenvalue weighted by molar-refractivity contribution is 0.241. The minimum absolute atomic E-state index is 0.0236. The maximum absolute atomic E-state index is 12.1. The van der Waals surface area contributed by atoms with Crippen molar-refractivity contribution >= 4 is 0 Å². The number of nitrogens with zero attached hydrogens (tertiary/aromatic N) is 2. The lowest BCUT2D eigenvalue weighted by Crippen LogP contribution is -2.35. The Morgan fingerprint density at radius 1 is 1.26 bits per heavy atom. The van der Waals surface area contributed by atoms with Crippen LogP contribution in [0.1, 0.15) is 22.6 Å². The fraction of sp³-hybridized carbons (Fsp3) is 0.412. The molecule has 0 bridgehead atoms. The van der Waals surface area contributed by atoms with Crippen LogP contribution >= 0.6 is 0 Å². The normalized spacial score (nSPS) is 14.4. The highest BCUT2D eigenvalue weighted by molar-refractivity contribution is 5.42. The fourth-order valence-electron chi connectivity index (χ4n) is 2.98. The standard InChI is InChI=1S/C17H21N3O3/c1-11-18-14-6-7-20(10-13(14)17(21)19-11)9-12-4-5-15(22-2)16(8-12)23-3/h4-5,8H,6-7,9-10H2,1-3H3,(H,18,19,21). The summed E-state index contributed by atoms with van der Waals surface area (Å²) in [5.74, 6) is 2.12. The Kier molecular flexibility index (Phi) is 4.34. The number of aromatic amines is 1. The van der Waals surface area contributed by atoms with Gasteiger partial charge in [0.05, 0.1) is 25.5 Å². The highest BCUT2D eigenvalue weighted by atomic mass is 16.5. The number of rotatable bonds is 4. The van der Waals surface area contributed by atoms with Gasteiger partial charge in [-0.1, -0.05) is 6.07 Å². The molecule has 1 aliphatic heterocycles. The number of fused-ring (bicyclic) bond motifs is 1. The van der Waals surface area contributed by atoms with Crippen LogP contribution in [0.25, 0.3) is 0 Å². The first-order valence-electron chi connectivity index (χ1n) is 7.62.